The summed E-state index contributed by atoms with van der Waals surface area (Å²) in [6, 6.07) is 17.2. The van der Waals surface area contributed by atoms with Crippen molar-refractivity contribution in [3.05, 3.63) is 60.2 Å². The van der Waals surface area contributed by atoms with Gasteiger partial charge in [-0.15, -0.1) is 0 Å². The average molecular weight is 265 g/mol. The molecule has 1 aliphatic rings. The number of benzene rings is 2. The van der Waals surface area contributed by atoms with E-state index in [1.807, 2.05) is 61.5 Å². The van der Waals surface area contributed by atoms with Crippen molar-refractivity contribution in [1.29, 1.82) is 0 Å². The van der Waals surface area contributed by atoms with Gasteiger partial charge in [0.2, 0.25) is 0 Å². The van der Waals surface area contributed by atoms with Crippen molar-refractivity contribution in [2.45, 2.75) is 13.1 Å². The van der Waals surface area contributed by atoms with Crippen LogP contribution in [0.25, 0.3) is 0 Å². The van der Waals surface area contributed by atoms with Gasteiger partial charge in [0.1, 0.15) is 0 Å². The molecule has 1 amide bonds. The summed E-state index contributed by atoms with van der Waals surface area (Å²) in [5.74, 6) is -0.222. The fraction of sp³-hybridized carbons (Fsp3) is 0.125. The molecule has 4 nitrogen and oxygen atoms in total. The maximum Gasteiger partial charge on any atom is 0.270 e. The van der Waals surface area contributed by atoms with Crippen LogP contribution in [0.2, 0.25) is 0 Å². The molecule has 0 saturated heterocycles. The lowest BCUT2D eigenvalue weighted by Crippen LogP contribution is -2.39. The van der Waals surface area contributed by atoms with Gasteiger partial charge < -0.3 is 5.73 Å². The van der Waals surface area contributed by atoms with Crippen molar-refractivity contribution in [3.63, 3.8) is 0 Å². The molecule has 0 aromatic heterocycles. The van der Waals surface area contributed by atoms with Gasteiger partial charge in [-0.05, 0) is 25.1 Å². The Kier molecular flexibility index (Phi) is 3.08. The van der Waals surface area contributed by atoms with E-state index in [-0.39, 0.29) is 5.91 Å². The van der Waals surface area contributed by atoms with Gasteiger partial charge in [0.25, 0.3) is 5.91 Å². The number of carbonyl (C=O) groups is 1. The first-order chi connectivity index (χ1) is 9.68. The zero-order chi connectivity index (χ0) is 14.1. The van der Waals surface area contributed by atoms with Crippen molar-refractivity contribution in [3.8, 4) is 0 Å². The maximum atomic E-state index is 12.5. The highest BCUT2D eigenvalue weighted by atomic mass is 16.2. The van der Waals surface area contributed by atoms with Crippen LogP contribution >= 0.6 is 0 Å². The number of para-hydroxylation sites is 2. The van der Waals surface area contributed by atoms with Crippen LogP contribution < -0.4 is 10.6 Å². The summed E-state index contributed by atoms with van der Waals surface area (Å²) in [6.07, 6.45) is -0.873. The number of carbonyl (C=O) groups excluding carboxylic acids is 1. The van der Waals surface area contributed by atoms with E-state index in [4.69, 9.17) is 5.73 Å². The van der Waals surface area contributed by atoms with Crippen LogP contribution in [0.5, 0.6) is 0 Å². The monoisotopic (exact) mass is 265 g/mol. The van der Waals surface area contributed by atoms with Crippen molar-refractivity contribution in [1.82, 2.24) is 0 Å². The highest BCUT2D eigenvalue weighted by Gasteiger charge is 2.28. The number of aliphatic imine (C=N–C) groups is 1. The van der Waals surface area contributed by atoms with Gasteiger partial charge in [0, 0.05) is 17.0 Å². The quantitative estimate of drug-likeness (QED) is 0.861. The number of hydrogen-bond acceptors (Lipinski definition) is 3. The predicted molar refractivity (Wildman–Crippen MR) is 80.2 cm³/mol. The number of fused-ring (bicyclic) bond motifs is 1. The van der Waals surface area contributed by atoms with Crippen molar-refractivity contribution in [2.24, 2.45) is 10.7 Å². The summed E-state index contributed by atoms with van der Waals surface area (Å²) in [5.41, 5.74) is 9.22. The molecule has 2 aromatic carbocycles. The molecular formula is C16H15N3O. The lowest BCUT2D eigenvalue weighted by Gasteiger charge is -2.24. The van der Waals surface area contributed by atoms with E-state index in [9.17, 15) is 4.79 Å². The summed E-state index contributed by atoms with van der Waals surface area (Å²) in [6.45, 7) is 1.88. The van der Waals surface area contributed by atoms with Gasteiger partial charge in [-0.1, -0.05) is 36.4 Å². The molecule has 0 bridgehead atoms. The second kappa shape index (κ2) is 4.90. The van der Waals surface area contributed by atoms with E-state index in [1.54, 1.807) is 4.90 Å². The van der Waals surface area contributed by atoms with E-state index in [2.05, 4.69) is 4.99 Å². The molecule has 0 aliphatic carbocycles. The molecule has 0 radical (unpaired) electrons. The Labute approximate surface area is 117 Å². The average Bonchev–Trinajstić information content (AvgIpc) is 2.57. The van der Waals surface area contributed by atoms with Crippen LogP contribution in [0.4, 0.5) is 11.4 Å². The van der Waals surface area contributed by atoms with Crippen LogP contribution in [-0.2, 0) is 4.79 Å². The Balaban J connectivity index is 2.23. The zero-order valence-electron chi connectivity index (χ0n) is 11.2. The van der Waals surface area contributed by atoms with Gasteiger partial charge in [0.15, 0.2) is 6.17 Å². The molecule has 0 spiro atoms. The number of amides is 1. The molecule has 0 fully saturated rings. The predicted octanol–water partition coefficient (Wildman–Crippen LogP) is 2.46. The van der Waals surface area contributed by atoms with Crippen molar-refractivity contribution < 1.29 is 4.79 Å². The van der Waals surface area contributed by atoms with E-state index in [1.165, 1.54) is 0 Å². The summed E-state index contributed by atoms with van der Waals surface area (Å²) in [7, 11) is 0. The van der Waals surface area contributed by atoms with E-state index >= 15 is 0 Å². The molecule has 1 unspecified atom stereocenters. The summed E-state index contributed by atoms with van der Waals surface area (Å²) < 4.78 is 0. The Morgan fingerprint density at radius 1 is 1.05 bits per heavy atom. The standard InChI is InChI=1S/C16H15N3O/c1-11-13-9-5-6-10-14(13)19(16(20)15(17)18-11)12-7-3-2-4-8-12/h2-10,15H,17H2,1H3. The maximum absolute atomic E-state index is 12.5. The summed E-state index contributed by atoms with van der Waals surface area (Å²) in [4.78, 5) is 18.5. The molecule has 4 heteroatoms. The van der Waals surface area contributed by atoms with Crippen molar-refractivity contribution >= 4 is 23.0 Å². The molecule has 100 valence electrons. The molecular weight excluding hydrogens is 250 g/mol. The summed E-state index contributed by atoms with van der Waals surface area (Å²) >= 11 is 0. The topological polar surface area (TPSA) is 58.7 Å². The fourth-order valence-corrected chi connectivity index (χ4v) is 2.40. The first-order valence-electron chi connectivity index (χ1n) is 6.47. The fourth-order valence-electron chi connectivity index (χ4n) is 2.40. The smallest absolute Gasteiger partial charge is 0.270 e. The Hall–Kier alpha value is -2.46. The third-order valence-corrected chi connectivity index (χ3v) is 3.36. The highest BCUT2D eigenvalue weighted by molar-refractivity contribution is 6.14. The van der Waals surface area contributed by atoms with Crippen LogP contribution in [-0.4, -0.2) is 17.8 Å². The normalized spacial score (nSPS) is 18.3. The van der Waals surface area contributed by atoms with Crippen LogP contribution in [0, 0.1) is 0 Å². The minimum atomic E-state index is -0.873. The van der Waals surface area contributed by atoms with Crippen LogP contribution in [0.3, 0.4) is 0 Å². The molecule has 20 heavy (non-hydrogen) atoms. The number of benzodiazepines with no additional fused rings is 1. The minimum absolute atomic E-state index is 0.222. The van der Waals surface area contributed by atoms with Gasteiger partial charge in [-0.2, -0.15) is 0 Å². The lowest BCUT2D eigenvalue weighted by molar-refractivity contribution is -0.118. The van der Waals surface area contributed by atoms with Gasteiger partial charge in [-0.25, -0.2) is 0 Å². The number of anilines is 2. The number of nitrogens with zero attached hydrogens (tertiary/aromatic N) is 2. The zero-order valence-corrected chi connectivity index (χ0v) is 11.2. The molecule has 3 rings (SSSR count). The third-order valence-electron chi connectivity index (χ3n) is 3.36. The van der Waals surface area contributed by atoms with Crippen molar-refractivity contribution in [2.75, 3.05) is 4.90 Å². The lowest BCUT2D eigenvalue weighted by atomic mass is 10.1. The molecule has 2 aromatic rings. The minimum Gasteiger partial charge on any atom is -0.302 e. The second-order valence-electron chi connectivity index (χ2n) is 4.69. The first kappa shape index (κ1) is 12.6. The molecule has 0 saturated carbocycles. The van der Waals surface area contributed by atoms with Crippen LogP contribution in [0.15, 0.2) is 59.6 Å². The number of nitrogens with two attached hydrogens (primary N) is 1. The highest BCUT2D eigenvalue weighted by Crippen LogP contribution is 2.31. The van der Waals surface area contributed by atoms with Gasteiger partial charge >= 0.3 is 0 Å². The second-order valence-corrected chi connectivity index (χ2v) is 4.69. The number of hydrogen-bond donors (Lipinski definition) is 1. The molecule has 1 atom stereocenters. The van der Waals surface area contributed by atoms with E-state index in [0.717, 1.165) is 22.6 Å². The van der Waals surface area contributed by atoms with Gasteiger partial charge in [0.05, 0.1) is 5.69 Å². The molecule has 1 heterocycles. The SMILES string of the molecule is CC1=NC(N)C(=O)N(c2ccccc2)c2ccccc21. The molecule has 2 N–H and O–H groups in total. The van der Waals surface area contributed by atoms with E-state index in [0.29, 0.717) is 0 Å². The summed E-state index contributed by atoms with van der Waals surface area (Å²) in [5, 5.41) is 0. The van der Waals surface area contributed by atoms with E-state index < -0.39 is 6.17 Å². The van der Waals surface area contributed by atoms with Gasteiger partial charge in [-0.3, -0.25) is 14.7 Å². The molecule has 1 aliphatic heterocycles. The first-order valence-corrected chi connectivity index (χ1v) is 6.47. The number of rotatable bonds is 1. The Bertz CT molecular complexity index is 679. The van der Waals surface area contributed by atoms with Crippen LogP contribution in [0.1, 0.15) is 12.5 Å². The third kappa shape index (κ3) is 2.00. The largest absolute Gasteiger partial charge is 0.302 e. The Morgan fingerprint density at radius 2 is 1.70 bits per heavy atom. The Morgan fingerprint density at radius 3 is 2.45 bits per heavy atom.